The molecular weight excluding hydrogens is 392 g/mol. The molecule has 0 aliphatic rings. The van der Waals surface area contributed by atoms with E-state index in [9.17, 15) is 14.4 Å². The van der Waals surface area contributed by atoms with Crippen LogP contribution < -0.4 is 15.4 Å². The number of aryl methyl sites for hydroxylation is 1. The average molecular weight is 412 g/mol. The van der Waals surface area contributed by atoms with Gasteiger partial charge in [-0.1, -0.05) is 18.2 Å². The van der Waals surface area contributed by atoms with Gasteiger partial charge in [0.1, 0.15) is 10.6 Å². The predicted molar refractivity (Wildman–Crippen MR) is 113 cm³/mol. The second-order valence-electron chi connectivity index (χ2n) is 6.27. The predicted octanol–water partition coefficient (Wildman–Crippen LogP) is 3.97. The number of carbonyl (C=O) groups excluding carboxylic acids is 3. The summed E-state index contributed by atoms with van der Waals surface area (Å²) in [4.78, 5) is 36.4. The fraction of sp³-hybridized carbons (Fsp3) is 0.190. The number of carbonyl (C=O) groups is 3. The maximum atomic E-state index is 12.4. The summed E-state index contributed by atoms with van der Waals surface area (Å²) >= 11 is 1.33. The van der Waals surface area contributed by atoms with Crippen LogP contribution in [0.5, 0.6) is 5.75 Å². The molecule has 0 saturated carbocycles. The summed E-state index contributed by atoms with van der Waals surface area (Å²) in [5, 5.41) is 6.26. The Kier molecular flexibility index (Phi) is 6.13. The van der Waals surface area contributed by atoms with Crippen molar-refractivity contribution in [2.45, 2.75) is 13.8 Å². The van der Waals surface area contributed by atoms with Gasteiger partial charge >= 0.3 is 5.97 Å². The highest BCUT2D eigenvalue weighted by Gasteiger charge is 2.18. The van der Waals surface area contributed by atoms with E-state index in [0.717, 1.165) is 15.6 Å². The van der Waals surface area contributed by atoms with Crippen molar-refractivity contribution in [2.75, 3.05) is 24.4 Å². The molecule has 150 valence electrons. The van der Waals surface area contributed by atoms with Crippen LogP contribution in [0.25, 0.3) is 10.1 Å². The zero-order valence-electron chi connectivity index (χ0n) is 16.2. The molecule has 0 fully saturated rings. The van der Waals surface area contributed by atoms with E-state index >= 15 is 0 Å². The highest BCUT2D eigenvalue weighted by Crippen LogP contribution is 2.31. The van der Waals surface area contributed by atoms with Crippen LogP contribution >= 0.6 is 11.3 Å². The lowest BCUT2D eigenvalue weighted by molar-refractivity contribution is -0.119. The first kappa shape index (κ1) is 20.3. The van der Waals surface area contributed by atoms with E-state index in [1.807, 2.05) is 31.2 Å². The topological polar surface area (TPSA) is 93.7 Å². The van der Waals surface area contributed by atoms with Gasteiger partial charge in [0.2, 0.25) is 5.91 Å². The van der Waals surface area contributed by atoms with Gasteiger partial charge in [0.05, 0.1) is 12.8 Å². The van der Waals surface area contributed by atoms with Crippen LogP contribution in [0.3, 0.4) is 0 Å². The number of amides is 2. The zero-order valence-corrected chi connectivity index (χ0v) is 17.0. The molecule has 0 bridgehead atoms. The number of methoxy groups -OCH3 is 1. The summed E-state index contributed by atoms with van der Waals surface area (Å²) in [7, 11) is 1.47. The molecule has 3 aromatic rings. The Morgan fingerprint density at radius 2 is 1.83 bits per heavy atom. The van der Waals surface area contributed by atoms with Crippen LogP contribution in [0, 0.1) is 6.92 Å². The Labute approximate surface area is 171 Å². The van der Waals surface area contributed by atoms with Crippen molar-refractivity contribution >= 4 is 50.6 Å². The van der Waals surface area contributed by atoms with Crippen LogP contribution in [0.2, 0.25) is 0 Å². The van der Waals surface area contributed by atoms with Crippen molar-refractivity contribution < 1.29 is 23.9 Å². The first-order valence-corrected chi connectivity index (χ1v) is 9.61. The van der Waals surface area contributed by atoms with Gasteiger partial charge in [-0.15, -0.1) is 11.3 Å². The summed E-state index contributed by atoms with van der Waals surface area (Å²) in [5.41, 5.74) is 1.70. The Bertz CT molecular complexity index is 1090. The van der Waals surface area contributed by atoms with Crippen LogP contribution in [0.1, 0.15) is 22.2 Å². The molecule has 2 aromatic carbocycles. The van der Waals surface area contributed by atoms with Gasteiger partial charge in [-0.25, -0.2) is 4.79 Å². The van der Waals surface area contributed by atoms with Gasteiger partial charge in [-0.3, -0.25) is 9.59 Å². The number of rotatable bonds is 6. The molecule has 0 radical (unpaired) electrons. The van der Waals surface area contributed by atoms with Crippen LogP contribution in [-0.2, 0) is 14.3 Å². The van der Waals surface area contributed by atoms with Crippen molar-refractivity contribution in [3.8, 4) is 5.75 Å². The van der Waals surface area contributed by atoms with Crippen molar-refractivity contribution in [3.05, 3.63) is 52.9 Å². The molecule has 2 N–H and O–H groups in total. The van der Waals surface area contributed by atoms with Crippen molar-refractivity contribution in [3.63, 3.8) is 0 Å². The number of hydrogen-bond acceptors (Lipinski definition) is 6. The Hall–Kier alpha value is -3.39. The first-order chi connectivity index (χ1) is 13.9. The monoisotopic (exact) mass is 412 g/mol. The number of benzene rings is 2. The molecule has 0 atom stereocenters. The van der Waals surface area contributed by atoms with E-state index in [1.165, 1.54) is 25.4 Å². The van der Waals surface area contributed by atoms with Gasteiger partial charge in [0, 0.05) is 17.3 Å². The quantitative estimate of drug-likeness (QED) is 0.598. The molecule has 2 amide bonds. The Morgan fingerprint density at radius 1 is 1.07 bits per heavy atom. The van der Waals surface area contributed by atoms with Crippen molar-refractivity contribution in [1.82, 2.24) is 0 Å². The second kappa shape index (κ2) is 8.74. The molecule has 1 aromatic heterocycles. The third-order valence-electron chi connectivity index (χ3n) is 4.16. The standard InChI is InChI=1S/C21H20N2O5S/c1-12-15-6-4-5-7-18(15)29-20(12)21(26)28-11-19(25)23-16-10-14(22-13(2)24)8-9-17(16)27-3/h4-10H,11H2,1-3H3,(H,22,24)(H,23,25). The average Bonchev–Trinajstić information content (AvgIpc) is 3.03. The lowest BCUT2D eigenvalue weighted by atomic mass is 10.1. The third kappa shape index (κ3) is 4.72. The van der Waals surface area contributed by atoms with E-state index in [0.29, 0.717) is 22.0 Å². The van der Waals surface area contributed by atoms with Gasteiger partial charge in [-0.2, -0.15) is 0 Å². The number of anilines is 2. The lowest BCUT2D eigenvalue weighted by Gasteiger charge is -2.12. The van der Waals surface area contributed by atoms with Gasteiger partial charge < -0.3 is 20.1 Å². The minimum atomic E-state index is -0.544. The van der Waals surface area contributed by atoms with Crippen LogP contribution in [-0.4, -0.2) is 31.5 Å². The number of esters is 1. The second-order valence-corrected chi connectivity index (χ2v) is 7.33. The summed E-state index contributed by atoms with van der Waals surface area (Å²) in [6, 6.07) is 12.5. The summed E-state index contributed by atoms with van der Waals surface area (Å²) < 4.78 is 11.4. The Balaban J connectivity index is 1.67. The molecule has 0 aliphatic heterocycles. The highest BCUT2D eigenvalue weighted by molar-refractivity contribution is 7.21. The molecule has 0 spiro atoms. The number of hydrogen-bond donors (Lipinski definition) is 2. The molecule has 7 nitrogen and oxygen atoms in total. The van der Waals surface area contributed by atoms with Crippen LogP contribution in [0.15, 0.2) is 42.5 Å². The molecular formula is C21H20N2O5S. The first-order valence-electron chi connectivity index (χ1n) is 8.79. The minimum Gasteiger partial charge on any atom is -0.495 e. The summed E-state index contributed by atoms with van der Waals surface area (Å²) in [6.07, 6.45) is 0. The fourth-order valence-corrected chi connectivity index (χ4v) is 3.94. The van der Waals surface area contributed by atoms with Crippen molar-refractivity contribution in [1.29, 1.82) is 0 Å². The summed E-state index contributed by atoms with van der Waals surface area (Å²) in [5.74, 6) is -0.882. The third-order valence-corrected chi connectivity index (χ3v) is 5.41. The maximum Gasteiger partial charge on any atom is 0.349 e. The highest BCUT2D eigenvalue weighted by atomic mass is 32.1. The van der Waals surface area contributed by atoms with Gasteiger partial charge in [0.15, 0.2) is 6.61 Å². The van der Waals surface area contributed by atoms with E-state index in [4.69, 9.17) is 9.47 Å². The molecule has 3 rings (SSSR count). The molecule has 29 heavy (non-hydrogen) atoms. The molecule has 0 aliphatic carbocycles. The largest absolute Gasteiger partial charge is 0.495 e. The van der Waals surface area contributed by atoms with E-state index in [-0.39, 0.29) is 5.91 Å². The maximum absolute atomic E-state index is 12.4. The number of nitrogens with one attached hydrogen (secondary N) is 2. The zero-order chi connectivity index (χ0) is 21.0. The summed E-state index contributed by atoms with van der Waals surface area (Å²) in [6.45, 7) is 2.80. The SMILES string of the molecule is COc1ccc(NC(C)=O)cc1NC(=O)COC(=O)c1sc2ccccc2c1C. The van der Waals surface area contributed by atoms with Gasteiger partial charge in [-0.05, 0) is 42.1 Å². The fourth-order valence-electron chi connectivity index (χ4n) is 2.84. The van der Waals surface area contributed by atoms with E-state index in [1.54, 1.807) is 18.2 Å². The normalized spacial score (nSPS) is 10.4. The number of thiophene rings is 1. The van der Waals surface area contributed by atoms with Gasteiger partial charge in [0.25, 0.3) is 5.91 Å². The lowest BCUT2D eigenvalue weighted by Crippen LogP contribution is -2.21. The molecule has 8 heteroatoms. The smallest absolute Gasteiger partial charge is 0.349 e. The molecule has 0 saturated heterocycles. The minimum absolute atomic E-state index is 0.236. The molecule has 1 heterocycles. The van der Waals surface area contributed by atoms with Crippen molar-refractivity contribution in [2.24, 2.45) is 0 Å². The van der Waals surface area contributed by atoms with Crippen LogP contribution in [0.4, 0.5) is 11.4 Å². The molecule has 0 unspecified atom stereocenters. The van der Waals surface area contributed by atoms with E-state index < -0.39 is 18.5 Å². The number of ether oxygens (including phenoxy) is 2. The number of fused-ring (bicyclic) bond motifs is 1. The van der Waals surface area contributed by atoms with E-state index in [2.05, 4.69) is 10.6 Å². The Morgan fingerprint density at radius 3 is 2.52 bits per heavy atom.